The molecule has 0 heterocycles. The van der Waals surface area contributed by atoms with Crippen LogP contribution in [0, 0.1) is 39.7 Å². The number of aliphatic hydroxyl groups is 1. The second-order valence-corrected chi connectivity index (χ2v) is 11.9. The van der Waals surface area contributed by atoms with E-state index in [1.54, 1.807) is 6.92 Å². The molecule has 0 aromatic heterocycles. The van der Waals surface area contributed by atoms with E-state index in [9.17, 15) is 24.3 Å². The third-order valence-electron chi connectivity index (χ3n) is 2.88. The van der Waals surface area contributed by atoms with E-state index in [4.69, 9.17) is 15.3 Å². The van der Waals surface area contributed by atoms with Gasteiger partial charge in [-0.1, -0.05) is 0 Å². The van der Waals surface area contributed by atoms with Crippen molar-refractivity contribution in [1.29, 1.82) is 0 Å². The first-order valence-corrected chi connectivity index (χ1v) is 12.7. The van der Waals surface area contributed by atoms with Crippen LogP contribution >= 0.6 is 0 Å². The Hall–Kier alpha value is -0.718. The molecule has 2 atom stereocenters. The van der Waals surface area contributed by atoms with E-state index < -0.39 is 90.2 Å². The fourth-order valence-corrected chi connectivity index (χ4v) is 7.99. The standard InChI is InChI=1S/C8H10NO7.C4H9O.Ac/c10-5(1-2-6(11)12)9(3-7(13)14)4-8(15)16;1-3-4(2)5;/h2H,1,3-4H2,(H,11,12)(H,13,14)(H,15,16);4-5H,2-3H2,1H3;. The molecule has 0 aliphatic rings. The Morgan fingerprint density at radius 3 is 1.91 bits per heavy atom. The zero-order chi connectivity index (χ0) is 17.3. The number of hydrogen-bond acceptors (Lipinski definition) is 5. The van der Waals surface area contributed by atoms with E-state index in [1.807, 2.05) is 0 Å². The maximum absolute atomic E-state index is 12.0. The van der Waals surface area contributed by atoms with Crippen molar-refractivity contribution in [3.05, 3.63) is 0 Å². The first-order valence-electron chi connectivity index (χ1n) is 6.62. The van der Waals surface area contributed by atoms with Crippen LogP contribution in [0.2, 0.25) is 2.70 Å². The molecular formula is C12H19AcNO8. The fraction of sp³-hybridized carbons (Fsp3) is 0.667. The van der Waals surface area contributed by atoms with Crippen molar-refractivity contribution >= 4 is 23.8 Å². The number of carboxylic acid groups (broad SMARTS) is 3. The third kappa shape index (κ3) is 9.33. The van der Waals surface area contributed by atoms with Crippen molar-refractivity contribution in [3.63, 3.8) is 0 Å². The first-order chi connectivity index (χ1) is 10.2. The molecule has 0 saturated heterocycles. The van der Waals surface area contributed by atoms with E-state index in [-0.39, 0.29) is 0 Å². The second kappa shape index (κ2) is 10.9. The number of amides is 1. The van der Waals surface area contributed by atoms with Gasteiger partial charge in [-0.25, -0.2) is 0 Å². The number of hydrogen-bond donors (Lipinski definition) is 4. The zero-order valence-electron chi connectivity index (χ0n) is 12.1. The molecule has 0 aromatic carbocycles. The Morgan fingerprint density at radius 2 is 1.55 bits per heavy atom. The summed E-state index contributed by atoms with van der Waals surface area (Å²) in [6.45, 7) is 0.192. The molecule has 2 unspecified atom stereocenters. The molecule has 0 bridgehead atoms. The van der Waals surface area contributed by atoms with Gasteiger partial charge in [0.05, 0.1) is 0 Å². The van der Waals surface area contributed by atoms with Crippen LogP contribution in [-0.4, -0.2) is 68.3 Å². The van der Waals surface area contributed by atoms with Crippen LogP contribution in [0.1, 0.15) is 19.8 Å². The summed E-state index contributed by atoms with van der Waals surface area (Å²) < 4.78 is -0.467. The van der Waals surface area contributed by atoms with Crippen LogP contribution in [0.5, 0.6) is 0 Å². The SMILES string of the molecule is CCC(O)[CH2][Ac][CH](CC(=O)N(CC(=O)O)CC(=O)O)C(=O)O. The van der Waals surface area contributed by atoms with E-state index >= 15 is 0 Å². The van der Waals surface area contributed by atoms with Crippen molar-refractivity contribution in [1.82, 2.24) is 4.90 Å². The minimum atomic E-state index is -2.08. The Labute approximate surface area is 148 Å². The molecule has 22 heavy (non-hydrogen) atoms. The van der Waals surface area contributed by atoms with Crippen LogP contribution < -0.4 is 0 Å². The van der Waals surface area contributed by atoms with Gasteiger partial charge >= 0.3 is 150 Å². The number of nitrogens with zero attached hydrogens (tertiary/aromatic N) is 1. The summed E-state index contributed by atoms with van der Waals surface area (Å²) in [5.74, 6) is -4.69. The zero-order valence-corrected chi connectivity index (χ0v) is 16.9. The molecule has 0 aromatic rings. The number of carboxylic acids is 3. The number of aliphatic carboxylic acids is 3. The summed E-state index contributed by atoms with van der Waals surface area (Å²) >= 11 is -2.08. The molecule has 10 heteroatoms. The van der Waals surface area contributed by atoms with Crippen molar-refractivity contribution in [2.45, 2.75) is 28.6 Å². The van der Waals surface area contributed by atoms with Gasteiger partial charge in [-0.2, -0.15) is 0 Å². The van der Waals surface area contributed by atoms with Crippen LogP contribution in [0.3, 0.4) is 0 Å². The summed E-state index contributed by atoms with van der Waals surface area (Å²) in [6.07, 6.45) is -0.484. The summed E-state index contributed by atoms with van der Waals surface area (Å²) in [6, 6.07) is 0. The monoisotopic (exact) mass is 532 g/mol. The van der Waals surface area contributed by atoms with Crippen LogP contribution in [0.15, 0.2) is 0 Å². The molecule has 4 N–H and O–H groups in total. The predicted octanol–water partition coefficient (Wildman–Crippen LogP) is -0.478. The Kier molecular flexibility index (Phi) is 10.6. The van der Waals surface area contributed by atoms with Crippen molar-refractivity contribution in [3.8, 4) is 0 Å². The van der Waals surface area contributed by atoms with Gasteiger partial charge in [0.25, 0.3) is 0 Å². The van der Waals surface area contributed by atoms with Gasteiger partial charge in [0.1, 0.15) is 0 Å². The predicted molar refractivity (Wildman–Crippen MR) is 69.0 cm³/mol. The molecule has 0 rings (SSSR count). The molecule has 1 amide bonds. The summed E-state index contributed by atoms with van der Waals surface area (Å²) in [5.41, 5.74) is 0. The minimum absolute atomic E-state index is 0.410. The van der Waals surface area contributed by atoms with Gasteiger partial charge in [-0.3, -0.25) is 0 Å². The number of carbonyl (C=O) groups is 4. The van der Waals surface area contributed by atoms with Crippen LogP contribution in [-0.2, 0) is 19.2 Å². The quantitative estimate of drug-likeness (QED) is 0.279. The normalized spacial score (nSPS) is 12.8. The molecule has 0 fully saturated rings. The Balaban J connectivity index is 4.77. The van der Waals surface area contributed by atoms with Gasteiger partial charge in [-0.05, 0) is 0 Å². The van der Waals surface area contributed by atoms with E-state index in [0.717, 1.165) is 0 Å². The molecule has 123 valence electrons. The molecule has 0 aliphatic heterocycles. The molecule has 0 aliphatic carbocycles. The van der Waals surface area contributed by atoms with Crippen LogP contribution in [0.25, 0.3) is 0 Å². The summed E-state index contributed by atoms with van der Waals surface area (Å²) in [4.78, 5) is 45.0. The van der Waals surface area contributed by atoms with E-state index in [1.165, 1.54) is 0 Å². The molecular weight excluding hydrogens is 513 g/mol. The van der Waals surface area contributed by atoms with Crippen molar-refractivity contribution in [2.75, 3.05) is 13.1 Å². The maximum atomic E-state index is 12.0. The molecule has 0 spiro atoms. The van der Waals surface area contributed by atoms with Gasteiger partial charge in [0, 0.05) is 0 Å². The Bertz CT molecular complexity index is 411. The van der Waals surface area contributed by atoms with E-state index in [2.05, 4.69) is 0 Å². The number of aliphatic hydroxyl groups excluding tert-OH is 1. The summed E-state index contributed by atoms with van der Waals surface area (Å²) in [7, 11) is 0. The van der Waals surface area contributed by atoms with Crippen LogP contribution in [0.4, 0.5) is 0 Å². The first kappa shape index (κ1) is 21.3. The van der Waals surface area contributed by atoms with Gasteiger partial charge < -0.3 is 0 Å². The molecule has 0 radical (unpaired) electrons. The average molecular weight is 532 g/mol. The Morgan fingerprint density at radius 1 is 1.05 bits per heavy atom. The fourth-order valence-electron chi connectivity index (χ4n) is 1.64. The average Bonchev–Trinajstić information content (AvgIpc) is 2.40. The summed E-state index contributed by atoms with van der Waals surface area (Å²) in [5, 5.41) is 36.0. The van der Waals surface area contributed by atoms with Gasteiger partial charge in [-0.15, -0.1) is 0 Å². The second-order valence-electron chi connectivity index (χ2n) is 4.72. The molecule has 0 saturated carbocycles. The topological polar surface area (TPSA) is 152 Å². The third-order valence-corrected chi connectivity index (χ3v) is 10.7. The van der Waals surface area contributed by atoms with E-state index in [0.29, 0.717) is 12.9 Å². The van der Waals surface area contributed by atoms with Gasteiger partial charge in [0.15, 0.2) is 0 Å². The van der Waals surface area contributed by atoms with Gasteiger partial charge in [0.2, 0.25) is 0 Å². The molecule has 9 nitrogen and oxygen atoms in total. The number of rotatable bonds is 11. The van der Waals surface area contributed by atoms with Crippen molar-refractivity contribution < 1.29 is 79.3 Å². The van der Waals surface area contributed by atoms with Crippen molar-refractivity contribution in [2.24, 2.45) is 0 Å². The number of carbonyl (C=O) groups excluding carboxylic acids is 1.